The van der Waals surface area contributed by atoms with Crippen molar-refractivity contribution in [2.45, 2.75) is 39.0 Å². The third-order valence-electron chi connectivity index (χ3n) is 2.98. The van der Waals surface area contributed by atoms with E-state index in [1.807, 2.05) is 0 Å². The highest BCUT2D eigenvalue weighted by Gasteiger charge is 2.21. The van der Waals surface area contributed by atoms with Crippen LogP contribution in [0.3, 0.4) is 0 Å². The molecule has 0 spiro atoms. The Morgan fingerprint density at radius 3 is 2.47 bits per heavy atom. The number of hydrogen-bond donors (Lipinski definition) is 1. The second-order valence-electron chi connectivity index (χ2n) is 4.51. The highest BCUT2D eigenvalue weighted by Crippen LogP contribution is 2.25. The van der Waals surface area contributed by atoms with E-state index in [1.54, 1.807) is 0 Å². The van der Waals surface area contributed by atoms with Crippen LogP contribution in [0, 0.1) is 5.92 Å². The number of hydrogen-bond acceptors (Lipinski definition) is 3. The Hall–Kier alpha value is -0.0900. The van der Waals surface area contributed by atoms with Gasteiger partial charge in [0.15, 0.2) is 9.84 Å². The molecule has 0 radical (unpaired) electrons. The van der Waals surface area contributed by atoms with Crippen LogP contribution in [0.5, 0.6) is 0 Å². The van der Waals surface area contributed by atoms with Crippen molar-refractivity contribution in [1.29, 1.82) is 0 Å². The van der Waals surface area contributed by atoms with Crippen LogP contribution in [-0.2, 0) is 9.84 Å². The van der Waals surface area contributed by atoms with Crippen molar-refractivity contribution in [2.75, 3.05) is 24.6 Å². The van der Waals surface area contributed by atoms with E-state index in [1.165, 1.54) is 12.8 Å². The monoisotopic (exact) mass is 233 g/mol. The number of nitrogens with one attached hydrogen (secondary N) is 1. The van der Waals surface area contributed by atoms with Gasteiger partial charge in [0.1, 0.15) is 0 Å². The van der Waals surface area contributed by atoms with Crippen LogP contribution in [-0.4, -0.2) is 33.0 Å². The molecule has 0 amide bonds. The van der Waals surface area contributed by atoms with Crippen molar-refractivity contribution in [3.63, 3.8) is 0 Å². The van der Waals surface area contributed by atoms with Gasteiger partial charge in [0.2, 0.25) is 0 Å². The molecule has 1 saturated carbocycles. The van der Waals surface area contributed by atoms with Crippen molar-refractivity contribution in [2.24, 2.45) is 5.92 Å². The van der Waals surface area contributed by atoms with Crippen LogP contribution in [0.2, 0.25) is 0 Å². The topological polar surface area (TPSA) is 46.2 Å². The molecule has 0 bridgehead atoms. The fourth-order valence-corrected chi connectivity index (χ4v) is 3.82. The first-order valence-electron chi connectivity index (χ1n) is 6.05. The van der Waals surface area contributed by atoms with Gasteiger partial charge in [-0.3, -0.25) is 0 Å². The number of sulfone groups is 1. The van der Waals surface area contributed by atoms with E-state index in [2.05, 4.69) is 12.2 Å². The van der Waals surface area contributed by atoms with Gasteiger partial charge >= 0.3 is 0 Å². The fourth-order valence-electron chi connectivity index (χ4n) is 2.15. The van der Waals surface area contributed by atoms with Crippen LogP contribution >= 0.6 is 0 Å². The van der Waals surface area contributed by atoms with Gasteiger partial charge in [-0.05, 0) is 31.7 Å². The first kappa shape index (κ1) is 13.0. The van der Waals surface area contributed by atoms with Gasteiger partial charge in [-0.25, -0.2) is 8.42 Å². The Labute approximate surface area is 93.6 Å². The molecule has 1 aliphatic rings. The van der Waals surface area contributed by atoms with Gasteiger partial charge in [-0.1, -0.05) is 19.8 Å². The molecular weight excluding hydrogens is 210 g/mol. The van der Waals surface area contributed by atoms with Crippen molar-refractivity contribution in [3.05, 3.63) is 0 Å². The molecule has 3 nitrogen and oxygen atoms in total. The molecule has 1 N–H and O–H groups in total. The summed E-state index contributed by atoms with van der Waals surface area (Å²) in [6, 6.07) is 0. The van der Waals surface area contributed by atoms with Crippen LogP contribution in [0.15, 0.2) is 0 Å². The van der Waals surface area contributed by atoms with Crippen LogP contribution < -0.4 is 5.32 Å². The molecule has 0 unspecified atom stereocenters. The minimum Gasteiger partial charge on any atom is -0.316 e. The first-order chi connectivity index (χ1) is 7.14. The summed E-state index contributed by atoms with van der Waals surface area (Å²) in [6.07, 6.45) is 5.72. The minimum absolute atomic E-state index is 0.309. The van der Waals surface area contributed by atoms with Crippen molar-refractivity contribution in [1.82, 2.24) is 5.32 Å². The maximum absolute atomic E-state index is 11.7. The molecule has 90 valence electrons. The van der Waals surface area contributed by atoms with Crippen LogP contribution in [0.1, 0.15) is 39.0 Å². The summed E-state index contributed by atoms with van der Waals surface area (Å²) in [5, 5.41) is 3.14. The molecule has 1 fully saturated rings. The van der Waals surface area contributed by atoms with Gasteiger partial charge in [-0.2, -0.15) is 0 Å². The minimum atomic E-state index is -2.81. The van der Waals surface area contributed by atoms with E-state index in [0.29, 0.717) is 24.0 Å². The smallest absolute Gasteiger partial charge is 0.151 e. The van der Waals surface area contributed by atoms with E-state index in [-0.39, 0.29) is 0 Å². The highest BCUT2D eigenvalue weighted by molar-refractivity contribution is 7.91. The van der Waals surface area contributed by atoms with E-state index in [0.717, 1.165) is 25.8 Å². The molecule has 0 aliphatic heterocycles. The van der Waals surface area contributed by atoms with Crippen molar-refractivity contribution in [3.8, 4) is 0 Å². The van der Waals surface area contributed by atoms with E-state index < -0.39 is 9.84 Å². The summed E-state index contributed by atoms with van der Waals surface area (Å²) in [7, 11) is -2.81. The Balaban J connectivity index is 2.19. The second-order valence-corrected chi connectivity index (χ2v) is 6.74. The summed E-state index contributed by atoms with van der Waals surface area (Å²) >= 11 is 0. The molecule has 0 aromatic carbocycles. The van der Waals surface area contributed by atoms with Gasteiger partial charge in [0, 0.05) is 6.54 Å². The van der Waals surface area contributed by atoms with Crippen molar-refractivity contribution >= 4 is 9.84 Å². The summed E-state index contributed by atoms with van der Waals surface area (Å²) < 4.78 is 23.4. The van der Waals surface area contributed by atoms with E-state index in [9.17, 15) is 8.42 Å². The van der Waals surface area contributed by atoms with E-state index in [4.69, 9.17) is 0 Å². The molecule has 4 heteroatoms. The molecule has 1 rings (SSSR count). The zero-order valence-electron chi connectivity index (χ0n) is 9.67. The van der Waals surface area contributed by atoms with Gasteiger partial charge in [0.05, 0.1) is 11.5 Å². The van der Waals surface area contributed by atoms with E-state index >= 15 is 0 Å². The maximum Gasteiger partial charge on any atom is 0.151 e. The summed E-state index contributed by atoms with van der Waals surface area (Å²) in [4.78, 5) is 0. The lowest BCUT2D eigenvalue weighted by Crippen LogP contribution is -2.26. The molecule has 0 heterocycles. The predicted octanol–water partition coefficient (Wildman–Crippen LogP) is 1.59. The quantitative estimate of drug-likeness (QED) is 0.679. The lowest BCUT2D eigenvalue weighted by atomic mass is 10.1. The summed E-state index contributed by atoms with van der Waals surface area (Å²) in [6.45, 7) is 3.61. The number of rotatable bonds is 7. The van der Waals surface area contributed by atoms with Crippen molar-refractivity contribution < 1.29 is 8.42 Å². The maximum atomic E-state index is 11.7. The molecular formula is C11H23NO2S. The average Bonchev–Trinajstić information content (AvgIpc) is 2.64. The average molecular weight is 233 g/mol. The Kier molecular flexibility index (Phi) is 5.61. The third-order valence-corrected chi connectivity index (χ3v) is 4.79. The Morgan fingerprint density at radius 2 is 1.87 bits per heavy atom. The fraction of sp³-hybridized carbons (Fsp3) is 1.00. The highest BCUT2D eigenvalue weighted by atomic mass is 32.2. The first-order valence-corrected chi connectivity index (χ1v) is 7.87. The Morgan fingerprint density at radius 1 is 1.20 bits per heavy atom. The lowest BCUT2D eigenvalue weighted by Gasteiger charge is -2.10. The largest absolute Gasteiger partial charge is 0.316 e. The zero-order valence-corrected chi connectivity index (χ0v) is 10.5. The standard InChI is InChI=1S/C11H23NO2S/c1-2-7-12-8-9-15(13,14)10-11-5-3-4-6-11/h11-12H,2-10H2,1H3. The normalized spacial score (nSPS) is 18.5. The molecule has 0 aromatic heterocycles. The summed E-state index contributed by atoms with van der Waals surface area (Å²) in [5.41, 5.74) is 0. The summed E-state index contributed by atoms with van der Waals surface area (Å²) in [5.74, 6) is 1.17. The van der Waals surface area contributed by atoms with Gasteiger partial charge in [-0.15, -0.1) is 0 Å². The third kappa shape index (κ3) is 5.52. The SMILES string of the molecule is CCCNCCS(=O)(=O)CC1CCCC1. The second kappa shape index (κ2) is 6.48. The zero-order chi connectivity index (χ0) is 11.1. The van der Waals surface area contributed by atoms with Gasteiger partial charge < -0.3 is 5.32 Å². The molecule has 1 aliphatic carbocycles. The van der Waals surface area contributed by atoms with Crippen LogP contribution in [0.4, 0.5) is 0 Å². The van der Waals surface area contributed by atoms with Gasteiger partial charge in [0.25, 0.3) is 0 Å². The lowest BCUT2D eigenvalue weighted by molar-refractivity contribution is 0.555. The Bertz CT molecular complexity index is 256. The molecule has 0 atom stereocenters. The molecule has 15 heavy (non-hydrogen) atoms. The predicted molar refractivity (Wildman–Crippen MR) is 63.8 cm³/mol. The molecule has 0 saturated heterocycles. The van der Waals surface area contributed by atoms with Crippen LogP contribution in [0.25, 0.3) is 0 Å². The molecule has 0 aromatic rings.